The van der Waals surface area contributed by atoms with E-state index in [9.17, 15) is 4.39 Å². The fourth-order valence-corrected chi connectivity index (χ4v) is 4.22. The summed E-state index contributed by atoms with van der Waals surface area (Å²) in [6.07, 6.45) is 5.34. The lowest BCUT2D eigenvalue weighted by molar-refractivity contribution is 0.627. The first-order valence-electron chi connectivity index (χ1n) is 10.0. The summed E-state index contributed by atoms with van der Waals surface area (Å²) in [5.41, 5.74) is 7.21. The molecule has 2 aromatic carbocycles. The number of nitrogens with zero attached hydrogens (tertiary/aromatic N) is 3. The van der Waals surface area contributed by atoms with E-state index < -0.39 is 0 Å². The van der Waals surface area contributed by atoms with Crippen LogP contribution in [0, 0.1) is 5.82 Å². The van der Waals surface area contributed by atoms with E-state index in [0.717, 1.165) is 41.0 Å². The van der Waals surface area contributed by atoms with Crippen LogP contribution in [0.4, 0.5) is 4.39 Å². The molecule has 2 N–H and O–H groups in total. The summed E-state index contributed by atoms with van der Waals surface area (Å²) >= 11 is 6.45. The highest BCUT2D eigenvalue weighted by Gasteiger charge is 2.19. The van der Waals surface area contributed by atoms with Crippen molar-refractivity contribution in [3.05, 3.63) is 88.1 Å². The number of aromatic amines is 1. The standard InChI is InChI=1S/C23H21ClFN5/c24-20-6-2-1-4-18(20)23-15(14-30(29-23)17-10-8-16(25)9-11-17)12-26-13-22-19-5-3-7-21(19)27-28-22/h1-2,4,6,8-11,14,26H,3,5,7,12-13H2,(H,27,28). The molecule has 0 saturated carbocycles. The Kier molecular flexibility index (Phi) is 5.11. The Morgan fingerprint density at radius 1 is 1.07 bits per heavy atom. The summed E-state index contributed by atoms with van der Waals surface area (Å²) in [6, 6.07) is 14.0. The number of rotatable bonds is 6. The van der Waals surface area contributed by atoms with Crippen LogP contribution in [0.1, 0.15) is 28.9 Å². The smallest absolute Gasteiger partial charge is 0.123 e. The average Bonchev–Trinajstić information content (AvgIpc) is 3.46. The zero-order valence-corrected chi connectivity index (χ0v) is 17.1. The molecule has 1 aliphatic rings. The van der Waals surface area contributed by atoms with Crippen molar-refractivity contribution in [2.45, 2.75) is 32.4 Å². The molecule has 4 aromatic rings. The Morgan fingerprint density at radius 2 is 1.90 bits per heavy atom. The molecule has 2 aromatic heterocycles. The molecule has 0 radical (unpaired) electrons. The van der Waals surface area contributed by atoms with Crippen LogP contribution in [0.15, 0.2) is 54.7 Å². The summed E-state index contributed by atoms with van der Waals surface area (Å²) in [7, 11) is 0. The predicted octanol–water partition coefficient (Wildman–Crippen LogP) is 4.83. The number of nitrogens with one attached hydrogen (secondary N) is 2. The number of aromatic nitrogens is 4. The number of aryl methyl sites for hydroxylation is 1. The second kappa shape index (κ2) is 8.05. The Labute approximate surface area is 178 Å². The molecule has 0 unspecified atom stereocenters. The number of hydrogen-bond acceptors (Lipinski definition) is 3. The molecule has 152 valence electrons. The van der Waals surface area contributed by atoms with E-state index in [0.29, 0.717) is 18.1 Å². The third-order valence-electron chi connectivity index (χ3n) is 5.51. The summed E-state index contributed by atoms with van der Waals surface area (Å²) in [5.74, 6) is -0.273. The molecule has 0 amide bonds. The number of benzene rings is 2. The highest BCUT2D eigenvalue weighted by atomic mass is 35.5. The third-order valence-corrected chi connectivity index (χ3v) is 5.84. The lowest BCUT2D eigenvalue weighted by Crippen LogP contribution is -2.14. The van der Waals surface area contributed by atoms with Crippen molar-refractivity contribution in [2.24, 2.45) is 0 Å². The van der Waals surface area contributed by atoms with Gasteiger partial charge in [-0.25, -0.2) is 9.07 Å². The molecule has 30 heavy (non-hydrogen) atoms. The topological polar surface area (TPSA) is 58.5 Å². The second-order valence-corrected chi connectivity index (χ2v) is 7.90. The molecule has 7 heteroatoms. The lowest BCUT2D eigenvalue weighted by Gasteiger charge is -2.06. The number of halogens is 2. The second-order valence-electron chi connectivity index (χ2n) is 7.49. The molecule has 0 aliphatic heterocycles. The molecule has 0 saturated heterocycles. The zero-order chi connectivity index (χ0) is 20.5. The van der Waals surface area contributed by atoms with Gasteiger partial charge in [0.1, 0.15) is 5.82 Å². The summed E-state index contributed by atoms with van der Waals surface area (Å²) in [5, 5.41) is 16.5. The highest BCUT2D eigenvalue weighted by molar-refractivity contribution is 6.33. The quantitative estimate of drug-likeness (QED) is 0.468. The maximum atomic E-state index is 13.3. The first kappa shape index (κ1) is 19.0. The largest absolute Gasteiger partial charge is 0.307 e. The van der Waals surface area contributed by atoms with Crippen molar-refractivity contribution >= 4 is 11.6 Å². The van der Waals surface area contributed by atoms with Crippen molar-refractivity contribution < 1.29 is 4.39 Å². The van der Waals surface area contributed by atoms with Crippen LogP contribution in [0.2, 0.25) is 5.02 Å². The van der Waals surface area contributed by atoms with E-state index in [-0.39, 0.29) is 5.82 Å². The normalized spacial score (nSPS) is 13.0. The van der Waals surface area contributed by atoms with Gasteiger partial charge in [-0.05, 0) is 55.2 Å². The molecule has 0 atom stereocenters. The van der Waals surface area contributed by atoms with Crippen LogP contribution in [0.25, 0.3) is 16.9 Å². The van der Waals surface area contributed by atoms with Gasteiger partial charge in [-0.15, -0.1) is 0 Å². The Bertz CT molecular complexity index is 1180. The van der Waals surface area contributed by atoms with E-state index in [1.165, 1.54) is 29.8 Å². The maximum Gasteiger partial charge on any atom is 0.123 e. The van der Waals surface area contributed by atoms with Gasteiger partial charge in [-0.3, -0.25) is 5.10 Å². The van der Waals surface area contributed by atoms with Crippen molar-refractivity contribution in [1.29, 1.82) is 0 Å². The predicted molar refractivity (Wildman–Crippen MR) is 115 cm³/mol. The van der Waals surface area contributed by atoms with Gasteiger partial charge in [0.15, 0.2) is 0 Å². The van der Waals surface area contributed by atoms with E-state index in [4.69, 9.17) is 16.7 Å². The maximum absolute atomic E-state index is 13.3. The van der Waals surface area contributed by atoms with Crippen LogP contribution < -0.4 is 5.32 Å². The molecule has 5 nitrogen and oxygen atoms in total. The first-order valence-corrected chi connectivity index (χ1v) is 10.4. The molecular weight excluding hydrogens is 401 g/mol. The van der Waals surface area contributed by atoms with E-state index in [1.807, 2.05) is 30.5 Å². The van der Waals surface area contributed by atoms with Crippen LogP contribution in [-0.2, 0) is 25.9 Å². The van der Waals surface area contributed by atoms with Gasteiger partial charge in [0.2, 0.25) is 0 Å². The van der Waals surface area contributed by atoms with Crippen molar-refractivity contribution in [3.63, 3.8) is 0 Å². The zero-order valence-electron chi connectivity index (χ0n) is 16.3. The molecule has 0 spiro atoms. The first-order chi connectivity index (χ1) is 14.7. The van der Waals surface area contributed by atoms with Gasteiger partial charge in [-0.1, -0.05) is 29.8 Å². The lowest BCUT2D eigenvalue weighted by atomic mass is 10.1. The van der Waals surface area contributed by atoms with E-state index in [2.05, 4.69) is 15.5 Å². The van der Waals surface area contributed by atoms with Gasteiger partial charge in [0.25, 0.3) is 0 Å². The Balaban J connectivity index is 1.43. The van der Waals surface area contributed by atoms with Crippen molar-refractivity contribution in [2.75, 3.05) is 0 Å². The molecular formula is C23H21ClFN5. The van der Waals surface area contributed by atoms with Gasteiger partial charge in [-0.2, -0.15) is 10.2 Å². The fourth-order valence-electron chi connectivity index (χ4n) is 3.99. The molecule has 5 rings (SSSR count). The monoisotopic (exact) mass is 421 g/mol. The van der Waals surface area contributed by atoms with E-state index in [1.54, 1.807) is 16.8 Å². The highest BCUT2D eigenvalue weighted by Crippen LogP contribution is 2.30. The summed E-state index contributed by atoms with van der Waals surface area (Å²) in [6.45, 7) is 1.30. The summed E-state index contributed by atoms with van der Waals surface area (Å²) in [4.78, 5) is 0. The minimum atomic E-state index is -0.273. The van der Waals surface area contributed by atoms with Gasteiger partial charge >= 0.3 is 0 Å². The van der Waals surface area contributed by atoms with Crippen molar-refractivity contribution in [1.82, 2.24) is 25.3 Å². The van der Waals surface area contributed by atoms with Crippen LogP contribution in [0.3, 0.4) is 0 Å². The minimum absolute atomic E-state index is 0.273. The Morgan fingerprint density at radius 3 is 2.73 bits per heavy atom. The van der Waals surface area contributed by atoms with Crippen molar-refractivity contribution in [3.8, 4) is 16.9 Å². The van der Waals surface area contributed by atoms with Crippen LogP contribution in [0.5, 0.6) is 0 Å². The SMILES string of the molecule is Fc1ccc(-n2cc(CNCc3n[nH]c4c3CCC4)c(-c3ccccc3Cl)n2)cc1. The van der Waals surface area contributed by atoms with Gasteiger partial charge < -0.3 is 5.32 Å². The summed E-state index contributed by atoms with van der Waals surface area (Å²) < 4.78 is 15.1. The molecule has 0 fully saturated rings. The average molecular weight is 422 g/mol. The molecule has 2 heterocycles. The van der Waals surface area contributed by atoms with Gasteiger partial charge in [0, 0.05) is 36.1 Å². The number of fused-ring (bicyclic) bond motifs is 1. The number of hydrogen-bond donors (Lipinski definition) is 2. The van der Waals surface area contributed by atoms with Crippen LogP contribution in [-0.4, -0.2) is 20.0 Å². The third kappa shape index (κ3) is 3.64. The van der Waals surface area contributed by atoms with Gasteiger partial charge in [0.05, 0.1) is 22.1 Å². The number of H-pyrrole nitrogens is 1. The van der Waals surface area contributed by atoms with E-state index >= 15 is 0 Å². The molecule has 1 aliphatic carbocycles. The minimum Gasteiger partial charge on any atom is -0.307 e. The fraction of sp³-hybridized carbons (Fsp3) is 0.217. The Hall–Kier alpha value is -2.96. The molecule has 0 bridgehead atoms. The van der Waals surface area contributed by atoms with Crippen LogP contribution >= 0.6 is 11.6 Å².